The van der Waals surface area contributed by atoms with E-state index in [2.05, 4.69) is 35.3 Å². The summed E-state index contributed by atoms with van der Waals surface area (Å²) in [7, 11) is 1.67. The molecule has 142 valence electrons. The normalized spacial score (nSPS) is 23.1. The maximum atomic E-state index is 6.52. The maximum absolute atomic E-state index is 6.52. The summed E-state index contributed by atoms with van der Waals surface area (Å²) in [6.07, 6.45) is 0.811. The summed E-state index contributed by atoms with van der Waals surface area (Å²) >= 11 is 5.69. The number of nitrogens with zero attached hydrogens (tertiary/aromatic N) is 1. The SMILES string of the molecule is CCOc1cccc2c1O[C@]1(C)C[C@H]2NC(=S)N1Cc1ccc(OC)cc1. The lowest BCUT2D eigenvalue weighted by Crippen LogP contribution is -2.64. The van der Waals surface area contributed by atoms with Crippen molar-refractivity contribution >= 4 is 17.3 Å². The first-order valence-corrected chi connectivity index (χ1v) is 9.60. The quantitative estimate of drug-likeness (QED) is 0.786. The Morgan fingerprint density at radius 3 is 2.74 bits per heavy atom. The molecule has 2 aromatic rings. The van der Waals surface area contributed by atoms with Crippen LogP contribution in [-0.4, -0.2) is 29.5 Å². The smallest absolute Gasteiger partial charge is 0.184 e. The fourth-order valence-corrected chi connectivity index (χ4v) is 4.22. The highest BCUT2D eigenvalue weighted by molar-refractivity contribution is 7.80. The fourth-order valence-electron chi connectivity index (χ4n) is 3.82. The number of fused-ring (bicyclic) bond motifs is 4. The summed E-state index contributed by atoms with van der Waals surface area (Å²) in [6, 6.07) is 14.2. The van der Waals surface area contributed by atoms with E-state index in [9.17, 15) is 0 Å². The van der Waals surface area contributed by atoms with Crippen LogP contribution in [-0.2, 0) is 6.54 Å². The molecule has 2 aliphatic heterocycles. The molecule has 0 saturated carbocycles. The lowest BCUT2D eigenvalue weighted by atomic mass is 9.90. The van der Waals surface area contributed by atoms with Crippen LogP contribution < -0.4 is 19.5 Å². The van der Waals surface area contributed by atoms with Gasteiger partial charge >= 0.3 is 0 Å². The molecule has 4 rings (SSSR count). The van der Waals surface area contributed by atoms with Crippen LogP contribution in [0.4, 0.5) is 0 Å². The Labute approximate surface area is 165 Å². The molecule has 5 nitrogen and oxygen atoms in total. The van der Waals surface area contributed by atoms with Crippen molar-refractivity contribution in [2.75, 3.05) is 13.7 Å². The zero-order chi connectivity index (χ0) is 19.0. The van der Waals surface area contributed by atoms with E-state index in [0.717, 1.165) is 34.8 Å². The Hall–Kier alpha value is -2.47. The molecule has 1 saturated heterocycles. The van der Waals surface area contributed by atoms with E-state index in [-0.39, 0.29) is 6.04 Å². The van der Waals surface area contributed by atoms with Gasteiger partial charge in [-0.25, -0.2) is 0 Å². The minimum atomic E-state index is -0.535. The highest BCUT2D eigenvalue weighted by Crippen LogP contribution is 2.48. The first kappa shape index (κ1) is 17.9. The van der Waals surface area contributed by atoms with Crippen LogP contribution >= 0.6 is 12.2 Å². The number of hydrogen-bond donors (Lipinski definition) is 1. The highest BCUT2D eigenvalue weighted by Gasteiger charge is 2.48. The first-order valence-electron chi connectivity index (χ1n) is 9.20. The van der Waals surface area contributed by atoms with E-state index in [4.69, 9.17) is 26.4 Å². The van der Waals surface area contributed by atoms with Gasteiger partial charge < -0.3 is 24.4 Å². The standard InChI is InChI=1S/C21H24N2O3S/c1-4-25-18-7-5-6-16-17-12-21(2,26-19(16)18)23(20(27)22-17)13-14-8-10-15(24-3)11-9-14/h5-11,17H,4,12-13H2,1-3H3,(H,22,27)/t17-,21-/m1/s1. The van der Waals surface area contributed by atoms with Crippen LogP contribution in [0.25, 0.3) is 0 Å². The molecule has 0 unspecified atom stereocenters. The number of nitrogens with one attached hydrogen (secondary N) is 1. The van der Waals surface area contributed by atoms with Crippen molar-refractivity contribution in [3.63, 3.8) is 0 Å². The van der Waals surface area contributed by atoms with Gasteiger partial charge in [0.2, 0.25) is 0 Å². The number of thiocarbonyl (C=S) groups is 1. The van der Waals surface area contributed by atoms with Gasteiger partial charge in [0.15, 0.2) is 22.3 Å². The molecule has 2 bridgehead atoms. The second-order valence-electron chi connectivity index (χ2n) is 7.03. The summed E-state index contributed by atoms with van der Waals surface area (Å²) in [5.41, 5.74) is 1.71. The van der Waals surface area contributed by atoms with Crippen molar-refractivity contribution in [3.8, 4) is 17.2 Å². The van der Waals surface area contributed by atoms with E-state index in [1.165, 1.54) is 0 Å². The number of hydrogen-bond acceptors (Lipinski definition) is 4. The van der Waals surface area contributed by atoms with Crippen LogP contribution in [0, 0.1) is 0 Å². The summed E-state index contributed by atoms with van der Waals surface area (Å²) in [4.78, 5) is 2.12. The zero-order valence-corrected chi connectivity index (χ0v) is 16.6. The third-order valence-electron chi connectivity index (χ3n) is 5.20. The van der Waals surface area contributed by atoms with Gasteiger partial charge in [0, 0.05) is 18.5 Å². The van der Waals surface area contributed by atoms with Crippen molar-refractivity contribution in [2.45, 2.75) is 38.6 Å². The van der Waals surface area contributed by atoms with Crippen LogP contribution in [0.15, 0.2) is 42.5 Å². The van der Waals surface area contributed by atoms with Crippen molar-refractivity contribution < 1.29 is 14.2 Å². The van der Waals surface area contributed by atoms with Crippen molar-refractivity contribution in [1.29, 1.82) is 0 Å². The summed E-state index contributed by atoms with van der Waals surface area (Å²) < 4.78 is 17.6. The summed E-state index contributed by atoms with van der Waals surface area (Å²) in [5.74, 6) is 2.44. The van der Waals surface area contributed by atoms with Crippen LogP contribution in [0.5, 0.6) is 17.2 Å². The van der Waals surface area contributed by atoms with Gasteiger partial charge in [0.1, 0.15) is 5.75 Å². The molecule has 1 fully saturated rings. The van der Waals surface area contributed by atoms with Crippen LogP contribution in [0.2, 0.25) is 0 Å². The first-order chi connectivity index (χ1) is 13.0. The van der Waals surface area contributed by atoms with Crippen LogP contribution in [0.1, 0.15) is 37.4 Å². The molecule has 0 spiro atoms. The average Bonchev–Trinajstić information content (AvgIpc) is 2.66. The molecular formula is C21H24N2O3S. The molecular weight excluding hydrogens is 360 g/mol. The Balaban J connectivity index is 1.66. The van der Waals surface area contributed by atoms with Gasteiger partial charge in [0.25, 0.3) is 0 Å². The molecule has 2 aromatic carbocycles. The minimum Gasteiger partial charge on any atom is -0.497 e. The van der Waals surface area contributed by atoms with Gasteiger partial charge in [-0.15, -0.1) is 0 Å². The molecule has 0 aromatic heterocycles. The second kappa shape index (κ2) is 6.93. The number of methoxy groups -OCH3 is 1. The third-order valence-corrected chi connectivity index (χ3v) is 5.54. The molecule has 6 heteroatoms. The Bertz CT molecular complexity index is 855. The predicted molar refractivity (Wildman–Crippen MR) is 108 cm³/mol. The molecule has 27 heavy (non-hydrogen) atoms. The minimum absolute atomic E-state index is 0.124. The molecule has 0 radical (unpaired) electrons. The molecule has 2 heterocycles. The highest BCUT2D eigenvalue weighted by atomic mass is 32.1. The molecule has 0 aliphatic carbocycles. The van der Waals surface area contributed by atoms with E-state index < -0.39 is 5.72 Å². The predicted octanol–water partition coefficient (Wildman–Crippen LogP) is 4.02. The number of para-hydroxylation sites is 1. The number of rotatable bonds is 5. The van der Waals surface area contributed by atoms with Crippen molar-refractivity contribution in [1.82, 2.24) is 10.2 Å². The van der Waals surface area contributed by atoms with Gasteiger partial charge in [-0.2, -0.15) is 0 Å². The lowest BCUT2D eigenvalue weighted by molar-refractivity contribution is -0.0738. The second-order valence-corrected chi connectivity index (χ2v) is 7.41. The molecule has 0 amide bonds. The van der Waals surface area contributed by atoms with Crippen molar-refractivity contribution in [2.24, 2.45) is 0 Å². The van der Waals surface area contributed by atoms with E-state index >= 15 is 0 Å². The third kappa shape index (κ3) is 3.18. The van der Waals surface area contributed by atoms with Gasteiger partial charge in [-0.1, -0.05) is 24.3 Å². The largest absolute Gasteiger partial charge is 0.497 e. The molecule has 1 N–H and O–H groups in total. The summed E-state index contributed by atoms with van der Waals surface area (Å²) in [6.45, 7) is 5.34. The monoisotopic (exact) mass is 384 g/mol. The Morgan fingerprint density at radius 1 is 1.26 bits per heavy atom. The van der Waals surface area contributed by atoms with Crippen molar-refractivity contribution in [3.05, 3.63) is 53.6 Å². The van der Waals surface area contributed by atoms with E-state index in [0.29, 0.717) is 18.3 Å². The zero-order valence-electron chi connectivity index (χ0n) is 15.8. The molecule has 2 aliphatic rings. The number of ether oxygens (including phenoxy) is 3. The number of benzene rings is 2. The fraction of sp³-hybridized carbons (Fsp3) is 0.381. The van der Waals surface area contributed by atoms with Gasteiger partial charge in [-0.3, -0.25) is 0 Å². The average molecular weight is 385 g/mol. The lowest BCUT2D eigenvalue weighted by Gasteiger charge is -2.52. The Morgan fingerprint density at radius 2 is 2.04 bits per heavy atom. The Kier molecular flexibility index (Phi) is 4.60. The molecule has 2 atom stereocenters. The van der Waals surface area contributed by atoms with E-state index in [1.54, 1.807) is 7.11 Å². The topological polar surface area (TPSA) is 43.0 Å². The van der Waals surface area contributed by atoms with Gasteiger partial charge in [-0.05, 0) is 49.8 Å². The summed E-state index contributed by atoms with van der Waals surface area (Å²) in [5, 5.41) is 4.19. The van der Waals surface area contributed by atoms with E-state index in [1.807, 2.05) is 31.2 Å². The van der Waals surface area contributed by atoms with Gasteiger partial charge in [0.05, 0.1) is 19.8 Å². The maximum Gasteiger partial charge on any atom is 0.184 e. The van der Waals surface area contributed by atoms with Crippen LogP contribution in [0.3, 0.4) is 0 Å².